The molecule has 0 amide bonds. The molecule has 10 heteroatoms. The van der Waals surface area contributed by atoms with E-state index in [1.165, 1.54) is 6.20 Å². The third-order valence-electron chi connectivity index (χ3n) is 4.49. The highest BCUT2D eigenvalue weighted by Gasteiger charge is 2.31. The summed E-state index contributed by atoms with van der Waals surface area (Å²) in [4.78, 5) is 15.2. The largest absolute Gasteiger partial charge is 0.337 e. The van der Waals surface area contributed by atoms with Crippen LogP contribution in [0.25, 0.3) is 11.4 Å². The molecule has 4 heterocycles. The summed E-state index contributed by atoms with van der Waals surface area (Å²) in [6, 6.07) is 9.21. The molecule has 0 radical (unpaired) electrons. The normalized spacial score (nSPS) is 17.7. The van der Waals surface area contributed by atoms with Gasteiger partial charge in [0.15, 0.2) is 0 Å². The van der Waals surface area contributed by atoms with Crippen LogP contribution in [0, 0.1) is 0 Å². The van der Waals surface area contributed by atoms with Crippen molar-refractivity contribution in [1.29, 1.82) is 0 Å². The number of aromatic nitrogens is 4. The zero-order chi connectivity index (χ0) is 19.6. The molecule has 0 aromatic carbocycles. The molecule has 3 aromatic heterocycles. The molecule has 3 aromatic rings. The highest BCUT2D eigenvalue weighted by Crippen LogP contribution is 2.33. The SMILES string of the molecule is CS(=O)(=O)Nc1cc(-c2noc([C@@H]3CCCN3Cc3ccccn3)n2)ccn1. The fraction of sp³-hybridized carbons (Fsp3) is 0.333. The van der Waals surface area contributed by atoms with Crippen molar-refractivity contribution in [1.82, 2.24) is 25.0 Å². The Morgan fingerprint density at radius 3 is 2.93 bits per heavy atom. The van der Waals surface area contributed by atoms with Gasteiger partial charge in [0.1, 0.15) is 5.82 Å². The van der Waals surface area contributed by atoms with Crippen molar-refractivity contribution in [3.05, 3.63) is 54.3 Å². The molecule has 0 aliphatic carbocycles. The lowest BCUT2D eigenvalue weighted by Crippen LogP contribution is -2.23. The maximum atomic E-state index is 11.4. The molecule has 28 heavy (non-hydrogen) atoms. The van der Waals surface area contributed by atoms with Crippen LogP contribution in [-0.4, -0.2) is 46.2 Å². The smallest absolute Gasteiger partial charge is 0.244 e. The predicted molar refractivity (Wildman–Crippen MR) is 103 cm³/mol. The topological polar surface area (TPSA) is 114 Å². The van der Waals surface area contributed by atoms with Crippen LogP contribution < -0.4 is 4.72 Å². The molecule has 1 aliphatic rings. The van der Waals surface area contributed by atoms with Crippen LogP contribution in [0.2, 0.25) is 0 Å². The van der Waals surface area contributed by atoms with Gasteiger partial charge < -0.3 is 4.52 Å². The van der Waals surface area contributed by atoms with E-state index in [1.807, 2.05) is 18.2 Å². The highest BCUT2D eigenvalue weighted by molar-refractivity contribution is 7.92. The first-order valence-electron chi connectivity index (χ1n) is 8.90. The van der Waals surface area contributed by atoms with Crippen molar-refractivity contribution in [2.45, 2.75) is 25.4 Å². The summed E-state index contributed by atoms with van der Waals surface area (Å²) in [6.07, 6.45) is 6.35. The second-order valence-electron chi connectivity index (χ2n) is 6.71. The van der Waals surface area contributed by atoms with E-state index in [0.717, 1.165) is 37.9 Å². The summed E-state index contributed by atoms with van der Waals surface area (Å²) in [5, 5.41) is 4.08. The minimum Gasteiger partial charge on any atom is -0.337 e. The second-order valence-corrected chi connectivity index (χ2v) is 8.46. The Kier molecular flexibility index (Phi) is 5.05. The minimum absolute atomic E-state index is 0.0405. The first kappa shape index (κ1) is 18.5. The fourth-order valence-electron chi connectivity index (χ4n) is 3.30. The molecule has 0 saturated carbocycles. The second kappa shape index (κ2) is 7.64. The number of hydrogen-bond acceptors (Lipinski definition) is 8. The van der Waals surface area contributed by atoms with Gasteiger partial charge in [-0.2, -0.15) is 4.98 Å². The summed E-state index contributed by atoms with van der Waals surface area (Å²) in [6.45, 7) is 1.66. The average molecular weight is 400 g/mol. The number of nitrogens with one attached hydrogen (secondary N) is 1. The van der Waals surface area contributed by atoms with E-state index in [9.17, 15) is 8.42 Å². The van der Waals surface area contributed by atoms with E-state index in [0.29, 0.717) is 17.3 Å². The Morgan fingerprint density at radius 1 is 1.25 bits per heavy atom. The maximum Gasteiger partial charge on any atom is 0.244 e. The number of pyridine rings is 2. The number of anilines is 1. The first-order valence-corrected chi connectivity index (χ1v) is 10.8. The quantitative estimate of drug-likeness (QED) is 0.670. The van der Waals surface area contributed by atoms with Crippen molar-refractivity contribution in [3.63, 3.8) is 0 Å². The first-order chi connectivity index (χ1) is 13.5. The van der Waals surface area contributed by atoms with Crippen LogP contribution in [0.1, 0.15) is 30.5 Å². The zero-order valence-electron chi connectivity index (χ0n) is 15.3. The standard InChI is InChI=1S/C18H20N6O3S/c1-28(25,26)23-16-11-13(7-9-20-16)17-21-18(27-22-17)15-6-4-10-24(15)12-14-5-2-3-8-19-14/h2-3,5,7-9,11,15H,4,6,10,12H2,1H3,(H,20,23)/t15-/m0/s1. The van der Waals surface area contributed by atoms with Gasteiger partial charge in [0, 0.05) is 24.5 Å². The van der Waals surface area contributed by atoms with E-state index in [4.69, 9.17) is 4.52 Å². The number of rotatable bonds is 6. The van der Waals surface area contributed by atoms with Crippen LogP contribution in [0.4, 0.5) is 5.82 Å². The van der Waals surface area contributed by atoms with Crippen LogP contribution in [0.3, 0.4) is 0 Å². The van der Waals surface area contributed by atoms with Crippen molar-refractivity contribution in [2.24, 2.45) is 0 Å². The van der Waals surface area contributed by atoms with E-state index < -0.39 is 10.0 Å². The Bertz CT molecular complexity index is 1050. The summed E-state index contributed by atoms with van der Waals surface area (Å²) < 4.78 is 30.7. The van der Waals surface area contributed by atoms with Crippen LogP contribution in [0.5, 0.6) is 0 Å². The summed E-state index contributed by atoms with van der Waals surface area (Å²) in [5.41, 5.74) is 1.63. The molecule has 0 spiro atoms. The number of sulfonamides is 1. The lowest BCUT2D eigenvalue weighted by Gasteiger charge is -2.20. The van der Waals surface area contributed by atoms with Gasteiger partial charge in [0.25, 0.3) is 0 Å². The van der Waals surface area contributed by atoms with Gasteiger partial charge in [-0.05, 0) is 43.7 Å². The van der Waals surface area contributed by atoms with Crippen LogP contribution >= 0.6 is 0 Å². The van der Waals surface area contributed by atoms with E-state index >= 15 is 0 Å². The predicted octanol–water partition coefficient (Wildman–Crippen LogP) is 2.24. The number of hydrogen-bond donors (Lipinski definition) is 1. The van der Waals surface area contributed by atoms with E-state index in [-0.39, 0.29) is 11.9 Å². The third kappa shape index (κ3) is 4.34. The lowest BCUT2D eigenvalue weighted by molar-refractivity contribution is 0.199. The number of likely N-dealkylation sites (tertiary alicyclic amines) is 1. The molecule has 1 N–H and O–H groups in total. The molecule has 9 nitrogen and oxygen atoms in total. The van der Waals surface area contributed by atoms with Crippen LogP contribution in [0.15, 0.2) is 47.2 Å². The molecule has 1 saturated heterocycles. The monoisotopic (exact) mass is 400 g/mol. The molecular weight excluding hydrogens is 380 g/mol. The van der Waals surface area contributed by atoms with E-state index in [1.54, 1.807) is 18.3 Å². The van der Waals surface area contributed by atoms with Crippen molar-refractivity contribution < 1.29 is 12.9 Å². The van der Waals surface area contributed by atoms with Crippen molar-refractivity contribution in [3.8, 4) is 11.4 Å². The van der Waals surface area contributed by atoms with Crippen molar-refractivity contribution in [2.75, 3.05) is 17.5 Å². The van der Waals surface area contributed by atoms with E-state index in [2.05, 4.69) is 29.7 Å². The summed E-state index contributed by atoms with van der Waals surface area (Å²) >= 11 is 0. The van der Waals surface area contributed by atoms with Gasteiger partial charge >= 0.3 is 0 Å². The Hall–Kier alpha value is -2.85. The van der Waals surface area contributed by atoms with Gasteiger partial charge in [-0.15, -0.1) is 0 Å². The Labute approximate surface area is 162 Å². The van der Waals surface area contributed by atoms with Gasteiger partial charge in [-0.25, -0.2) is 13.4 Å². The third-order valence-corrected chi connectivity index (χ3v) is 5.07. The fourth-order valence-corrected chi connectivity index (χ4v) is 3.79. The van der Waals surface area contributed by atoms with Crippen molar-refractivity contribution >= 4 is 15.8 Å². The molecule has 0 bridgehead atoms. The van der Waals surface area contributed by atoms with Gasteiger partial charge in [-0.1, -0.05) is 11.2 Å². The van der Waals surface area contributed by atoms with Gasteiger partial charge in [-0.3, -0.25) is 14.6 Å². The molecule has 1 aliphatic heterocycles. The zero-order valence-corrected chi connectivity index (χ0v) is 16.1. The Morgan fingerprint density at radius 2 is 2.14 bits per heavy atom. The van der Waals surface area contributed by atoms with Gasteiger partial charge in [0.2, 0.25) is 21.7 Å². The van der Waals surface area contributed by atoms with Gasteiger partial charge in [0.05, 0.1) is 18.0 Å². The molecule has 1 fully saturated rings. The number of nitrogens with zero attached hydrogens (tertiary/aromatic N) is 5. The average Bonchev–Trinajstić information content (AvgIpc) is 3.30. The molecular formula is C18H20N6O3S. The molecule has 4 rings (SSSR count). The molecule has 1 atom stereocenters. The molecule has 0 unspecified atom stereocenters. The lowest BCUT2D eigenvalue weighted by atomic mass is 10.2. The summed E-state index contributed by atoms with van der Waals surface area (Å²) in [7, 11) is -3.41. The highest BCUT2D eigenvalue weighted by atomic mass is 32.2. The van der Waals surface area contributed by atoms with Crippen LogP contribution in [-0.2, 0) is 16.6 Å². The maximum absolute atomic E-state index is 11.4. The molecule has 146 valence electrons. The minimum atomic E-state index is -3.41. The Balaban J connectivity index is 1.53. The summed E-state index contributed by atoms with van der Waals surface area (Å²) in [5.74, 6) is 1.17.